The zero-order valence-corrected chi connectivity index (χ0v) is 11.2. The van der Waals surface area contributed by atoms with Gasteiger partial charge in [-0.25, -0.2) is 0 Å². The minimum Gasteiger partial charge on any atom is -0.497 e. The lowest BCUT2D eigenvalue weighted by Crippen LogP contribution is -2.01. The van der Waals surface area contributed by atoms with E-state index in [0.29, 0.717) is 18.3 Å². The summed E-state index contributed by atoms with van der Waals surface area (Å²) in [5, 5.41) is 3.97. The zero-order chi connectivity index (χ0) is 13.8. The molecule has 0 bridgehead atoms. The van der Waals surface area contributed by atoms with Crippen LogP contribution in [0.2, 0.25) is 0 Å². The van der Waals surface area contributed by atoms with E-state index in [9.17, 15) is 0 Å². The smallest absolute Gasteiger partial charge is 0.264 e. The SMILES string of the molecule is COc1ccc(OCc2nc(C3CCOC3)no2)cc1. The second-order valence-electron chi connectivity index (χ2n) is 4.57. The molecule has 1 aliphatic heterocycles. The second kappa shape index (κ2) is 5.92. The largest absolute Gasteiger partial charge is 0.497 e. The lowest BCUT2D eigenvalue weighted by molar-refractivity contribution is 0.192. The summed E-state index contributed by atoms with van der Waals surface area (Å²) in [6.45, 7) is 1.68. The molecule has 0 saturated carbocycles. The molecule has 20 heavy (non-hydrogen) atoms. The van der Waals surface area contributed by atoms with Crippen LogP contribution >= 0.6 is 0 Å². The third-order valence-corrected chi connectivity index (χ3v) is 3.20. The van der Waals surface area contributed by atoms with E-state index < -0.39 is 0 Å². The van der Waals surface area contributed by atoms with Crippen molar-refractivity contribution in [3.8, 4) is 11.5 Å². The summed E-state index contributed by atoms with van der Waals surface area (Å²) in [5.74, 6) is 2.94. The van der Waals surface area contributed by atoms with Gasteiger partial charge in [0, 0.05) is 12.5 Å². The summed E-state index contributed by atoms with van der Waals surface area (Å²) in [7, 11) is 1.63. The third-order valence-electron chi connectivity index (χ3n) is 3.20. The van der Waals surface area contributed by atoms with Crippen LogP contribution in [0.15, 0.2) is 28.8 Å². The second-order valence-corrected chi connectivity index (χ2v) is 4.57. The van der Waals surface area contributed by atoms with Gasteiger partial charge in [0.25, 0.3) is 5.89 Å². The van der Waals surface area contributed by atoms with Gasteiger partial charge in [0.05, 0.1) is 13.7 Å². The highest BCUT2D eigenvalue weighted by atomic mass is 16.5. The highest BCUT2D eigenvalue weighted by Gasteiger charge is 2.23. The first-order valence-corrected chi connectivity index (χ1v) is 6.52. The Morgan fingerprint density at radius 3 is 2.75 bits per heavy atom. The van der Waals surface area contributed by atoms with Crippen LogP contribution in [0.25, 0.3) is 0 Å². The van der Waals surface area contributed by atoms with E-state index in [0.717, 1.165) is 24.5 Å². The monoisotopic (exact) mass is 276 g/mol. The van der Waals surface area contributed by atoms with Crippen molar-refractivity contribution in [2.75, 3.05) is 20.3 Å². The van der Waals surface area contributed by atoms with Gasteiger partial charge in [-0.1, -0.05) is 5.16 Å². The van der Waals surface area contributed by atoms with Gasteiger partial charge in [0.1, 0.15) is 11.5 Å². The summed E-state index contributed by atoms with van der Waals surface area (Å²) in [5.41, 5.74) is 0. The maximum atomic E-state index is 5.58. The predicted octanol–water partition coefficient (Wildman–Crippen LogP) is 2.16. The highest BCUT2D eigenvalue weighted by Crippen LogP contribution is 2.23. The molecule has 3 rings (SSSR count). The third kappa shape index (κ3) is 2.91. The number of benzene rings is 1. The number of hydrogen-bond acceptors (Lipinski definition) is 6. The van der Waals surface area contributed by atoms with Crippen LogP contribution in [-0.4, -0.2) is 30.5 Å². The van der Waals surface area contributed by atoms with Gasteiger partial charge >= 0.3 is 0 Å². The van der Waals surface area contributed by atoms with Crippen LogP contribution in [0, 0.1) is 0 Å². The minimum atomic E-state index is 0.244. The average molecular weight is 276 g/mol. The van der Waals surface area contributed by atoms with Crippen molar-refractivity contribution in [1.29, 1.82) is 0 Å². The maximum Gasteiger partial charge on any atom is 0.264 e. The first-order valence-electron chi connectivity index (χ1n) is 6.52. The summed E-state index contributed by atoms with van der Waals surface area (Å²) < 4.78 is 21.2. The molecule has 0 aliphatic carbocycles. The van der Waals surface area contributed by atoms with E-state index in [1.165, 1.54) is 0 Å². The normalized spacial score (nSPS) is 18.1. The van der Waals surface area contributed by atoms with E-state index >= 15 is 0 Å². The van der Waals surface area contributed by atoms with Crippen LogP contribution in [0.1, 0.15) is 24.1 Å². The van der Waals surface area contributed by atoms with Gasteiger partial charge in [0.15, 0.2) is 12.4 Å². The summed E-state index contributed by atoms with van der Waals surface area (Å²) in [6, 6.07) is 7.34. The van der Waals surface area contributed by atoms with Gasteiger partial charge in [-0.05, 0) is 30.7 Å². The molecule has 0 spiro atoms. The van der Waals surface area contributed by atoms with E-state index in [2.05, 4.69) is 10.1 Å². The molecular weight excluding hydrogens is 260 g/mol. The van der Waals surface area contributed by atoms with Crippen LogP contribution in [0.3, 0.4) is 0 Å². The Kier molecular flexibility index (Phi) is 3.83. The molecule has 6 nitrogen and oxygen atoms in total. The van der Waals surface area contributed by atoms with Crippen molar-refractivity contribution in [2.45, 2.75) is 18.9 Å². The molecule has 1 aromatic carbocycles. The lowest BCUT2D eigenvalue weighted by atomic mass is 10.1. The number of methoxy groups -OCH3 is 1. The molecule has 1 aromatic heterocycles. The highest BCUT2D eigenvalue weighted by molar-refractivity contribution is 5.31. The molecule has 2 heterocycles. The Morgan fingerprint density at radius 1 is 1.25 bits per heavy atom. The van der Waals surface area contributed by atoms with E-state index in [4.69, 9.17) is 18.7 Å². The standard InChI is InChI=1S/C14H16N2O4/c1-17-11-2-4-12(5-3-11)19-9-13-15-14(16-20-13)10-6-7-18-8-10/h2-5,10H,6-9H2,1H3. The number of aromatic nitrogens is 2. The quantitative estimate of drug-likeness (QED) is 0.833. The molecule has 6 heteroatoms. The molecule has 0 radical (unpaired) electrons. The summed E-state index contributed by atoms with van der Waals surface area (Å²) >= 11 is 0. The van der Waals surface area contributed by atoms with Crippen molar-refractivity contribution in [2.24, 2.45) is 0 Å². The molecule has 1 unspecified atom stereocenters. The van der Waals surface area contributed by atoms with E-state index in [1.807, 2.05) is 24.3 Å². The van der Waals surface area contributed by atoms with Crippen molar-refractivity contribution in [3.63, 3.8) is 0 Å². The Labute approximate surface area is 116 Å². The van der Waals surface area contributed by atoms with Crippen molar-refractivity contribution < 1.29 is 18.7 Å². The zero-order valence-electron chi connectivity index (χ0n) is 11.2. The number of rotatable bonds is 5. The number of nitrogens with zero attached hydrogens (tertiary/aromatic N) is 2. The fourth-order valence-corrected chi connectivity index (χ4v) is 2.05. The van der Waals surface area contributed by atoms with Crippen molar-refractivity contribution in [3.05, 3.63) is 36.0 Å². The molecular formula is C14H16N2O4. The molecule has 0 N–H and O–H groups in total. The average Bonchev–Trinajstić information content (AvgIpc) is 3.16. The first-order chi connectivity index (χ1) is 9.85. The van der Waals surface area contributed by atoms with Crippen molar-refractivity contribution >= 4 is 0 Å². The van der Waals surface area contributed by atoms with Crippen LogP contribution in [0.5, 0.6) is 11.5 Å². The fraction of sp³-hybridized carbons (Fsp3) is 0.429. The van der Waals surface area contributed by atoms with Gasteiger partial charge < -0.3 is 18.7 Å². The van der Waals surface area contributed by atoms with Crippen LogP contribution < -0.4 is 9.47 Å². The van der Waals surface area contributed by atoms with Gasteiger partial charge in [-0.2, -0.15) is 4.98 Å². The van der Waals surface area contributed by atoms with E-state index in [-0.39, 0.29) is 12.5 Å². The minimum absolute atomic E-state index is 0.244. The maximum absolute atomic E-state index is 5.58. The predicted molar refractivity (Wildman–Crippen MR) is 69.8 cm³/mol. The first kappa shape index (κ1) is 12.9. The summed E-state index contributed by atoms with van der Waals surface area (Å²) in [4.78, 5) is 4.33. The van der Waals surface area contributed by atoms with Gasteiger partial charge in [-0.15, -0.1) is 0 Å². The molecule has 106 valence electrons. The van der Waals surface area contributed by atoms with Crippen LogP contribution in [0.4, 0.5) is 0 Å². The Bertz CT molecular complexity index is 547. The molecule has 2 aromatic rings. The molecule has 1 saturated heterocycles. The topological polar surface area (TPSA) is 66.6 Å². The van der Waals surface area contributed by atoms with Crippen molar-refractivity contribution in [1.82, 2.24) is 10.1 Å². The number of hydrogen-bond donors (Lipinski definition) is 0. The Balaban J connectivity index is 1.57. The molecule has 1 fully saturated rings. The lowest BCUT2D eigenvalue weighted by Gasteiger charge is -2.04. The fourth-order valence-electron chi connectivity index (χ4n) is 2.05. The molecule has 0 amide bonds. The van der Waals surface area contributed by atoms with Gasteiger partial charge in [-0.3, -0.25) is 0 Å². The molecule has 1 atom stereocenters. The Morgan fingerprint density at radius 2 is 2.05 bits per heavy atom. The van der Waals surface area contributed by atoms with Gasteiger partial charge in [0.2, 0.25) is 0 Å². The summed E-state index contributed by atoms with van der Waals surface area (Å²) in [6.07, 6.45) is 0.943. The molecule has 1 aliphatic rings. The Hall–Kier alpha value is -2.08. The van der Waals surface area contributed by atoms with Crippen LogP contribution in [-0.2, 0) is 11.3 Å². The van der Waals surface area contributed by atoms with E-state index in [1.54, 1.807) is 7.11 Å². The number of ether oxygens (including phenoxy) is 3.